The molecule has 0 saturated heterocycles. The Morgan fingerprint density at radius 1 is 1.06 bits per heavy atom. The first-order chi connectivity index (χ1) is 8.22. The normalized spacial score (nSPS) is 11.5. The van der Waals surface area contributed by atoms with Gasteiger partial charge in [-0.2, -0.15) is 0 Å². The van der Waals surface area contributed by atoms with Gasteiger partial charge in [0.1, 0.15) is 5.75 Å². The quantitative estimate of drug-likeness (QED) is 0.694. The molecule has 0 fully saturated rings. The van der Waals surface area contributed by atoms with Crippen molar-refractivity contribution in [3.05, 3.63) is 24.3 Å². The van der Waals surface area contributed by atoms with E-state index in [9.17, 15) is 0 Å². The van der Waals surface area contributed by atoms with E-state index in [0.717, 1.165) is 17.4 Å². The van der Waals surface area contributed by atoms with Crippen LogP contribution in [-0.2, 0) is 13.3 Å². The minimum atomic E-state index is -2.74. The van der Waals surface area contributed by atoms with Crippen molar-refractivity contribution in [3.63, 3.8) is 0 Å². The molecule has 0 unspecified atom stereocenters. The summed E-state index contributed by atoms with van der Waals surface area (Å²) in [5.74, 6) is 0.812. The van der Waals surface area contributed by atoms with Gasteiger partial charge in [-0.15, -0.1) is 0 Å². The molecule has 0 aromatic heterocycles. The lowest BCUT2D eigenvalue weighted by Gasteiger charge is -2.24. The van der Waals surface area contributed by atoms with Crippen molar-refractivity contribution in [2.24, 2.45) is 0 Å². The second-order valence-electron chi connectivity index (χ2n) is 3.54. The molecule has 0 N–H and O–H groups in total. The molecule has 1 rings (SSSR count). The van der Waals surface area contributed by atoms with Crippen LogP contribution in [0.5, 0.6) is 5.75 Å². The Balaban J connectivity index is 2.96. The second-order valence-corrected chi connectivity index (χ2v) is 6.46. The SMILES string of the molecule is CCCOc1cccc([Si](OC)(OC)OC)c1. The zero-order valence-electron chi connectivity index (χ0n) is 10.9. The highest BCUT2D eigenvalue weighted by Gasteiger charge is 2.40. The molecule has 0 saturated carbocycles. The second kappa shape index (κ2) is 6.76. The van der Waals surface area contributed by atoms with Gasteiger partial charge in [0.2, 0.25) is 0 Å². The van der Waals surface area contributed by atoms with Crippen molar-refractivity contribution in [1.82, 2.24) is 0 Å². The van der Waals surface area contributed by atoms with E-state index in [2.05, 4.69) is 6.92 Å². The maximum Gasteiger partial charge on any atom is 0.536 e. The molecule has 0 aliphatic heterocycles. The molecule has 5 heteroatoms. The largest absolute Gasteiger partial charge is 0.536 e. The average Bonchev–Trinajstić information content (AvgIpc) is 2.40. The fourth-order valence-corrected chi connectivity index (χ4v) is 3.43. The fourth-order valence-electron chi connectivity index (χ4n) is 1.60. The fraction of sp³-hybridized carbons (Fsp3) is 0.500. The number of rotatable bonds is 7. The van der Waals surface area contributed by atoms with Gasteiger partial charge in [0.15, 0.2) is 0 Å². The predicted molar refractivity (Wildman–Crippen MR) is 68.6 cm³/mol. The van der Waals surface area contributed by atoms with Crippen LogP contribution in [0.3, 0.4) is 0 Å². The van der Waals surface area contributed by atoms with Gasteiger partial charge in [-0.25, -0.2) is 0 Å². The van der Waals surface area contributed by atoms with Crippen molar-refractivity contribution in [3.8, 4) is 5.75 Å². The van der Waals surface area contributed by atoms with E-state index >= 15 is 0 Å². The topological polar surface area (TPSA) is 36.9 Å². The molecule has 0 atom stereocenters. The predicted octanol–water partition coefficient (Wildman–Crippen LogP) is 1.56. The zero-order chi connectivity index (χ0) is 12.7. The first-order valence-corrected chi connectivity index (χ1v) is 7.33. The van der Waals surface area contributed by atoms with E-state index in [0.29, 0.717) is 6.61 Å². The van der Waals surface area contributed by atoms with Crippen molar-refractivity contribution in [2.45, 2.75) is 13.3 Å². The highest BCUT2D eigenvalue weighted by Crippen LogP contribution is 2.13. The van der Waals surface area contributed by atoms with Gasteiger partial charge in [0.05, 0.1) is 6.61 Å². The van der Waals surface area contributed by atoms with Crippen molar-refractivity contribution >= 4 is 14.0 Å². The van der Waals surface area contributed by atoms with Crippen LogP contribution < -0.4 is 9.92 Å². The molecular formula is C12H20O4Si. The van der Waals surface area contributed by atoms with Crippen LogP contribution >= 0.6 is 0 Å². The maximum absolute atomic E-state index is 5.58. The Hall–Kier alpha value is -0.883. The van der Waals surface area contributed by atoms with Crippen LogP contribution in [0, 0.1) is 0 Å². The van der Waals surface area contributed by atoms with E-state index in [1.54, 1.807) is 21.3 Å². The highest BCUT2D eigenvalue weighted by atomic mass is 28.4. The van der Waals surface area contributed by atoms with Crippen molar-refractivity contribution in [2.75, 3.05) is 27.9 Å². The summed E-state index contributed by atoms with van der Waals surface area (Å²) in [5, 5.41) is 0.901. The van der Waals surface area contributed by atoms with Gasteiger partial charge >= 0.3 is 8.80 Å². The molecule has 17 heavy (non-hydrogen) atoms. The third-order valence-corrected chi connectivity index (χ3v) is 5.10. The Labute approximate surface area is 104 Å². The van der Waals surface area contributed by atoms with Crippen LogP contribution in [0.4, 0.5) is 0 Å². The summed E-state index contributed by atoms with van der Waals surface area (Å²) in [6, 6.07) is 7.68. The summed E-state index contributed by atoms with van der Waals surface area (Å²) in [4.78, 5) is 0. The summed E-state index contributed by atoms with van der Waals surface area (Å²) in [7, 11) is 2.04. The first-order valence-electron chi connectivity index (χ1n) is 5.61. The van der Waals surface area contributed by atoms with Crippen LogP contribution in [0.15, 0.2) is 24.3 Å². The highest BCUT2D eigenvalue weighted by molar-refractivity contribution is 6.75. The lowest BCUT2D eigenvalue weighted by molar-refractivity contribution is 0.140. The van der Waals surface area contributed by atoms with Crippen LogP contribution in [0.25, 0.3) is 0 Å². The number of hydrogen-bond donors (Lipinski definition) is 0. The molecule has 0 aliphatic carbocycles. The summed E-state index contributed by atoms with van der Waals surface area (Å²) in [6.07, 6.45) is 0.978. The van der Waals surface area contributed by atoms with Gasteiger partial charge in [-0.05, 0) is 18.6 Å². The molecule has 1 aromatic carbocycles. The molecule has 0 bridgehead atoms. The Morgan fingerprint density at radius 2 is 1.71 bits per heavy atom. The third kappa shape index (κ3) is 3.29. The van der Waals surface area contributed by atoms with E-state index in [4.69, 9.17) is 18.0 Å². The van der Waals surface area contributed by atoms with Crippen molar-refractivity contribution < 1.29 is 18.0 Å². The molecule has 0 radical (unpaired) electrons. The molecule has 0 heterocycles. The van der Waals surface area contributed by atoms with Gasteiger partial charge in [0, 0.05) is 26.5 Å². The monoisotopic (exact) mass is 256 g/mol. The average molecular weight is 256 g/mol. The minimum Gasteiger partial charge on any atom is -0.494 e. The van der Waals surface area contributed by atoms with Gasteiger partial charge in [0.25, 0.3) is 0 Å². The lowest BCUT2D eigenvalue weighted by atomic mass is 10.3. The molecule has 1 aromatic rings. The Kier molecular flexibility index (Phi) is 5.63. The van der Waals surface area contributed by atoms with E-state index in [1.165, 1.54) is 0 Å². The number of benzene rings is 1. The zero-order valence-corrected chi connectivity index (χ0v) is 11.9. The van der Waals surface area contributed by atoms with Crippen LogP contribution in [0.1, 0.15) is 13.3 Å². The minimum absolute atomic E-state index is 0.699. The van der Waals surface area contributed by atoms with E-state index < -0.39 is 8.80 Å². The molecule has 4 nitrogen and oxygen atoms in total. The maximum atomic E-state index is 5.58. The van der Waals surface area contributed by atoms with E-state index in [-0.39, 0.29) is 0 Å². The molecule has 96 valence electrons. The smallest absolute Gasteiger partial charge is 0.494 e. The first kappa shape index (κ1) is 14.2. The summed E-state index contributed by atoms with van der Waals surface area (Å²) < 4.78 is 21.8. The third-order valence-electron chi connectivity index (χ3n) is 2.47. The summed E-state index contributed by atoms with van der Waals surface area (Å²) in [5.41, 5.74) is 0. The van der Waals surface area contributed by atoms with Gasteiger partial charge in [-0.3, -0.25) is 0 Å². The molecule has 0 spiro atoms. The van der Waals surface area contributed by atoms with Crippen molar-refractivity contribution in [1.29, 1.82) is 0 Å². The lowest BCUT2D eigenvalue weighted by Crippen LogP contribution is -2.54. The molecule has 0 amide bonds. The summed E-state index contributed by atoms with van der Waals surface area (Å²) in [6.45, 7) is 2.77. The molecular weight excluding hydrogens is 236 g/mol. The van der Waals surface area contributed by atoms with Gasteiger partial charge < -0.3 is 18.0 Å². The Bertz CT molecular complexity index is 331. The number of ether oxygens (including phenoxy) is 1. The van der Waals surface area contributed by atoms with E-state index in [1.807, 2.05) is 24.3 Å². The standard InChI is InChI=1S/C12H20O4Si/c1-5-9-16-11-7-6-8-12(10-11)17(13-2,14-3)15-4/h6-8,10H,5,9H2,1-4H3. The van der Waals surface area contributed by atoms with Gasteiger partial charge in [-0.1, -0.05) is 19.1 Å². The number of hydrogen-bond acceptors (Lipinski definition) is 4. The molecule has 0 aliphatic rings. The summed E-state index contributed by atoms with van der Waals surface area (Å²) >= 11 is 0. The van der Waals surface area contributed by atoms with Crippen LogP contribution in [0.2, 0.25) is 0 Å². The Morgan fingerprint density at radius 3 is 2.24 bits per heavy atom. The van der Waals surface area contributed by atoms with Crippen LogP contribution in [-0.4, -0.2) is 36.7 Å².